The Balaban J connectivity index is 2.15. The zero-order valence-electron chi connectivity index (χ0n) is 9.59. The van der Waals surface area contributed by atoms with E-state index < -0.39 is 12.6 Å². The molecular weight excluding hydrogens is 229 g/mol. The fourth-order valence-electron chi connectivity index (χ4n) is 2.07. The Bertz CT molecular complexity index is 390. The standard InChI is InChI=1S/C12H15F3N2/c1-9-8-16-10-4-2-3-5-11(10)17(9)7-6-12(13,14)15/h2-5,9,16H,6-8H2,1H3. The Labute approximate surface area is 98.4 Å². The Kier molecular flexibility index (Phi) is 3.17. The van der Waals surface area contributed by atoms with E-state index in [0.717, 1.165) is 11.4 Å². The van der Waals surface area contributed by atoms with Gasteiger partial charge in [0, 0.05) is 19.1 Å². The molecular formula is C12H15F3N2. The number of hydrogen-bond acceptors (Lipinski definition) is 2. The number of hydrogen-bond donors (Lipinski definition) is 1. The van der Waals surface area contributed by atoms with E-state index >= 15 is 0 Å². The summed E-state index contributed by atoms with van der Waals surface area (Å²) >= 11 is 0. The smallest absolute Gasteiger partial charge is 0.381 e. The van der Waals surface area contributed by atoms with Crippen molar-refractivity contribution in [1.29, 1.82) is 0 Å². The average Bonchev–Trinajstić information content (AvgIpc) is 2.26. The third-order valence-electron chi connectivity index (χ3n) is 2.97. The zero-order chi connectivity index (χ0) is 12.5. The van der Waals surface area contributed by atoms with Gasteiger partial charge in [0.15, 0.2) is 0 Å². The van der Waals surface area contributed by atoms with E-state index in [1.54, 1.807) is 0 Å². The van der Waals surface area contributed by atoms with Gasteiger partial charge in [0.05, 0.1) is 17.8 Å². The van der Waals surface area contributed by atoms with Crippen molar-refractivity contribution >= 4 is 11.4 Å². The SMILES string of the molecule is CC1CNc2ccccc2N1CCC(F)(F)F. The summed E-state index contributed by atoms with van der Waals surface area (Å²) in [5.74, 6) is 0. The van der Waals surface area contributed by atoms with Gasteiger partial charge in [-0.3, -0.25) is 0 Å². The molecule has 1 N–H and O–H groups in total. The van der Waals surface area contributed by atoms with E-state index in [4.69, 9.17) is 0 Å². The maximum absolute atomic E-state index is 12.3. The zero-order valence-corrected chi connectivity index (χ0v) is 9.59. The molecule has 0 fully saturated rings. The van der Waals surface area contributed by atoms with Gasteiger partial charge < -0.3 is 10.2 Å². The first kappa shape index (κ1) is 12.1. The molecule has 1 aromatic carbocycles. The van der Waals surface area contributed by atoms with Gasteiger partial charge in [0.25, 0.3) is 0 Å². The van der Waals surface area contributed by atoms with Crippen molar-refractivity contribution in [2.75, 3.05) is 23.3 Å². The summed E-state index contributed by atoms with van der Waals surface area (Å²) < 4.78 is 36.8. The van der Waals surface area contributed by atoms with Crippen molar-refractivity contribution in [3.8, 4) is 0 Å². The van der Waals surface area contributed by atoms with Gasteiger partial charge >= 0.3 is 6.18 Å². The summed E-state index contributed by atoms with van der Waals surface area (Å²) in [5.41, 5.74) is 1.77. The van der Waals surface area contributed by atoms with E-state index in [-0.39, 0.29) is 12.6 Å². The van der Waals surface area contributed by atoms with Crippen LogP contribution in [0.3, 0.4) is 0 Å². The highest BCUT2D eigenvalue weighted by Crippen LogP contribution is 2.32. The maximum atomic E-state index is 12.3. The first-order valence-corrected chi connectivity index (χ1v) is 5.64. The Morgan fingerprint density at radius 2 is 2.06 bits per heavy atom. The topological polar surface area (TPSA) is 15.3 Å². The van der Waals surface area contributed by atoms with Crippen LogP contribution in [-0.4, -0.2) is 25.3 Å². The summed E-state index contributed by atoms with van der Waals surface area (Å²) in [5, 5.41) is 3.22. The van der Waals surface area contributed by atoms with E-state index in [1.807, 2.05) is 36.1 Å². The molecule has 1 aliphatic heterocycles. The highest BCUT2D eigenvalue weighted by atomic mass is 19.4. The number of alkyl halides is 3. The summed E-state index contributed by atoms with van der Waals surface area (Å²) in [7, 11) is 0. The third-order valence-corrected chi connectivity index (χ3v) is 2.97. The van der Waals surface area contributed by atoms with Crippen LogP contribution in [0.25, 0.3) is 0 Å². The number of fused-ring (bicyclic) bond motifs is 1. The summed E-state index contributed by atoms with van der Waals surface area (Å²) in [6.07, 6.45) is -4.87. The van der Waals surface area contributed by atoms with Crippen molar-refractivity contribution in [1.82, 2.24) is 0 Å². The lowest BCUT2D eigenvalue weighted by Gasteiger charge is -2.37. The van der Waals surface area contributed by atoms with Crippen LogP contribution in [0.5, 0.6) is 0 Å². The van der Waals surface area contributed by atoms with Crippen LogP contribution in [0.1, 0.15) is 13.3 Å². The minimum atomic E-state index is -4.10. The molecule has 1 heterocycles. The Morgan fingerprint density at radius 1 is 1.35 bits per heavy atom. The number of anilines is 2. The van der Waals surface area contributed by atoms with Crippen molar-refractivity contribution in [3.63, 3.8) is 0 Å². The molecule has 0 aromatic heterocycles. The van der Waals surface area contributed by atoms with E-state index in [0.29, 0.717) is 6.54 Å². The molecule has 1 aliphatic rings. The molecule has 2 rings (SSSR count). The molecule has 0 radical (unpaired) electrons. The molecule has 0 saturated heterocycles. The lowest BCUT2D eigenvalue weighted by molar-refractivity contribution is -0.132. The quantitative estimate of drug-likeness (QED) is 0.859. The van der Waals surface area contributed by atoms with Gasteiger partial charge in [-0.25, -0.2) is 0 Å². The number of rotatable bonds is 2. The second kappa shape index (κ2) is 4.47. The second-order valence-corrected chi connectivity index (χ2v) is 4.31. The minimum absolute atomic E-state index is 0.0172. The van der Waals surface area contributed by atoms with Gasteiger partial charge in [-0.1, -0.05) is 12.1 Å². The van der Waals surface area contributed by atoms with E-state index in [1.165, 1.54) is 0 Å². The van der Waals surface area contributed by atoms with Crippen LogP contribution < -0.4 is 10.2 Å². The largest absolute Gasteiger partial charge is 0.390 e. The summed E-state index contributed by atoms with van der Waals surface area (Å²) in [6, 6.07) is 7.55. The first-order valence-electron chi connectivity index (χ1n) is 5.64. The lowest BCUT2D eigenvalue weighted by atomic mass is 10.1. The monoisotopic (exact) mass is 244 g/mol. The van der Waals surface area contributed by atoms with Crippen molar-refractivity contribution in [2.45, 2.75) is 25.6 Å². The van der Waals surface area contributed by atoms with Crippen molar-refractivity contribution in [3.05, 3.63) is 24.3 Å². The normalized spacial score (nSPS) is 19.8. The van der Waals surface area contributed by atoms with Gasteiger partial charge in [-0.15, -0.1) is 0 Å². The number of nitrogens with one attached hydrogen (secondary N) is 1. The fraction of sp³-hybridized carbons (Fsp3) is 0.500. The fourth-order valence-corrected chi connectivity index (χ4v) is 2.07. The molecule has 0 amide bonds. The molecule has 0 bridgehead atoms. The van der Waals surface area contributed by atoms with Crippen molar-refractivity contribution < 1.29 is 13.2 Å². The van der Waals surface area contributed by atoms with Gasteiger partial charge in [-0.2, -0.15) is 13.2 Å². The van der Waals surface area contributed by atoms with Crippen LogP contribution in [0.2, 0.25) is 0 Å². The molecule has 0 saturated carbocycles. The number of halogens is 3. The first-order chi connectivity index (χ1) is 7.97. The summed E-state index contributed by atoms with van der Waals surface area (Å²) in [6.45, 7) is 2.62. The van der Waals surface area contributed by atoms with Gasteiger partial charge in [0.2, 0.25) is 0 Å². The van der Waals surface area contributed by atoms with Crippen LogP contribution >= 0.6 is 0 Å². The third kappa shape index (κ3) is 2.84. The lowest BCUT2D eigenvalue weighted by Crippen LogP contribution is -2.43. The predicted octanol–water partition coefficient (Wildman–Crippen LogP) is 3.26. The molecule has 0 spiro atoms. The second-order valence-electron chi connectivity index (χ2n) is 4.31. The van der Waals surface area contributed by atoms with Gasteiger partial charge in [0.1, 0.15) is 0 Å². The van der Waals surface area contributed by atoms with Crippen LogP contribution in [0.15, 0.2) is 24.3 Å². The Morgan fingerprint density at radius 3 is 2.76 bits per heavy atom. The maximum Gasteiger partial charge on any atom is 0.390 e. The number of benzene rings is 1. The minimum Gasteiger partial charge on any atom is -0.381 e. The molecule has 1 atom stereocenters. The van der Waals surface area contributed by atoms with Crippen LogP contribution in [-0.2, 0) is 0 Å². The molecule has 94 valence electrons. The molecule has 1 aromatic rings. The number of para-hydroxylation sites is 2. The van der Waals surface area contributed by atoms with Crippen LogP contribution in [0.4, 0.5) is 24.5 Å². The molecule has 5 heteroatoms. The highest BCUT2D eigenvalue weighted by molar-refractivity contribution is 5.72. The van der Waals surface area contributed by atoms with Gasteiger partial charge in [-0.05, 0) is 19.1 Å². The summed E-state index contributed by atoms with van der Waals surface area (Å²) in [4.78, 5) is 1.82. The van der Waals surface area contributed by atoms with Crippen molar-refractivity contribution in [2.24, 2.45) is 0 Å². The van der Waals surface area contributed by atoms with Crippen LogP contribution in [0, 0.1) is 0 Å². The number of nitrogens with zero attached hydrogens (tertiary/aromatic N) is 1. The average molecular weight is 244 g/mol. The Hall–Kier alpha value is -1.39. The molecule has 2 nitrogen and oxygen atoms in total. The molecule has 1 unspecified atom stereocenters. The van der Waals surface area contributed by atoms with E-state index in [2.05, 4.69) is 5.32 Å². The predicted molar refractivity (Wildman–Crippen MR) is 62.4 cm³/mol. The van der Waals surface area contributed by atoms with E-state index in [9.17, 15) is 13.2 Å². The highest BCUT2D eigenvalue weighted by Gasteiger charge is 2.30. The molecule has 0 aliphatic carbocycles. The molecule has 17 heavy (non-hydrogen) atoms.